The number of ether oxygens (including phenoxy) is 1. The van der Waals surface area contributed by atoms with Crippen LogP contribution >= 0.6 is 0 Å². The van der Waals surface area contributed by atoms with Gasteiger partial charge in [-0.25, -0.2) is 0 Å². The number of carbonyl (C=O) groups excluding carboxylic acids is 2. The Morgan fingerprint density at radius 2 is 0.781 bits per heavy atom. The van der Waals surface area contributed by atoms with Gasteiger partial charge in [0.25, 0.3) is 0 Å². The third kappa shape index (κ3) is 49.8. The van der Waals surface area contributed by atoms with E-state index in [1.807, 2.05) is 0 Å². The fourth-order valence-corrected chi connectivity index (χ4v) is 8.85. The Morgan fingerprint density at radius 3 is 1.22 bits per heavy atom. The highest BCUT2D eigenvalue weighted by atomic mass is 16.5. The van der Waals surface area contributed by atoms with Crippen LogP contribution in [-0.4, -0.2) is 47.4 Å². The molecule has 0 saturated carbocycles. The maximum Gasteiger partial charge on any atom is 0.305 e. The van der Waals surface area contributed by atoms with Crippen molar-refractivity contribution in [3.8, 4) is 0 Å². The number of aliphatic hydroxyl groups excluding tert-OH is 2. The molecule has 0 rings (SSSR count). The van der Waals surface area contributed by atoms with E-state index >= 15 is 0 Å². The van der Waals surface area contributed by atoms with Gasteiger partial charge >= 0.3 is 5.97 Å². The Hall–Kier alpha value is -1.66. The highest BCUT2D eigenvalue weighted by Crippen LogP contribution is 2.17. The van der Waals surface area contributed by atoms with Gasteiger partial charge in [0.15, 0.2) is 0 Å². The first-order valence-corrected chi connectivity index (χ1v) is 28.6. The standard InChI is InChI=1S/C58H111NO5/c1-3-5-7-9-11-13-15-17-19-20-24-28-32-36-40-44-48-52-58(63)64-53-49-45-41-37-33-29-25-22-21-23-27-31-35-39-43-47-51-57(62)59-55(54-60)56(61)50-46-42-38-34-30-26-18-16-14-12-10-8-6-4-2/h11,13,17,19,55-56,60-61H,3-10,12,14-16,18,20-54H2,1-2H3,(H,59,62)/b13-11-,19-17-. The number of hydrogen-bond donors (Lipinski definition) is 3. The molecule has 0 radical (unpaired) electrons. The molecule has 0 aliphatic carbocycles. The first-order chi connectivity index (χ1) is 31.5. The van der Waals surface area contributed by atoms with Crippen LogP contribution in [0.1, 0.15) is 309 Å². The highest BCUT2D eigenvalue weighted by Gasteiger charge is 2.20. The summed E-state index contributed by atoms with van der Waals surface area (Å²) in [7, 11) is 0. The first-order valence-electron chi connectivity index (χ1n) is 28.6. The third-order valence-electron chi connectivity index (χ3n) is 13.3. The largest absolute Gasteiger partial charge is 0.466 e. The van der Waals surface area contributed by atoms with Gasteiger partial charge in [-0.1, -0.05) is 263 Å². The molecule has 0 fully saturated rings. The van der Waals surface area contributed by atoms with Crippen LogP contribution in [0.4, 0.5) is 0 Å². The van der Waals surface area contributed by atoms with Crippen molar-refractivity contribution in [1.82, 2.24) is 5.32 Å². The van der Waals surface area contributed by atoms with Gasteiger partial charge in [0, 0.05) is 12.8 Å². The number of amides is 1. The Bertz CT molecular complexity index is 997. The Kier molecular flexibility index (Phi) is 52.6. The summed E-state index contributed by atoms with van der Waals surface area (Å²) in [4.78, 5) is 24.5. The summed E-state index contributed by atoms with van der Waals surface area (Å²) in [6.45, 7) is 4.92. The maximum atomic E-state index is 12.5. The van der Waals surface area contributed by atoms with Crippen molar-refractivity contribution in [3.63, 3.8) is 0 Å². The second-order valence-electron chi connectivity index (χ2n) is 19.6. The van der Waals surface area contributed by atoms with E-state index in [1.165, 1.54) is 225 Å². The molecule has 1 amide bonds. The van der Waals surface area contributed by atoms with Crippen molar-refractivity contribution >= 4 is 11.9 Å². The van der Waals surface area contributed by atoms with Gasteiger partial charge < -0.3 is 20.3 Å². The van der Waals surface area contributed by atoms with Crippen LogP contribution < -0.4 is 5.32 Å². The number of rotatable bonds is 53. The lowest BCUT2D eigenvalue weighted by atomic mass is 10.0. The van der Waals surface area contributed by atoms with Gasteiger partial charge in [-0.2, -0.15) is 0 Å². The van der Waals surface area contributed by atoms with E-state index in [0.717, 1.165) is 51.4 Å². The molecule has 3 N–H and O–H groups in total. The van der Waals surface area contributed by atoms with Crippen molar-refractivity contribution < 1.29 is 24.5 Å². The second-order valence-corrected chi connectivity index (χ2v) is 19.6. The number of esters is 1. The third-order valence-corrected chi connectivity index (χ3v) is 13.3. The quantitative estimate of drug-likeness (QED) is 0.0321. The van der Waals surface area contributed by atoms with E-state index < -0.39 is 12.1 Å². The number of unbranched alkanes of at least 4 members (excludes halogenated alkanes) is 38. The number of allylic oxidation sites excluding steroid dienone is 4. The molecule has 0 aliphatic rings. The first kappa shape index (κ1) is 62.3. The predicted octanol–water partition coefficient (Wildman–Crippen LogP) is 17.5. The molecule has 0 aromatic rings. The zero-order chi connectivity index (χ0) is 46.5. The van der Waals surface area contributed by atoms with Crippen molar-refractivity contribution in [3.05, 3.63) is 24.3 Å². The van der Waals surface area contributed by atoms with Gasteiger partial charge in [-0.05, 0) is 57.8 Å². The maximum absolute atomic E-state index is 12.5. The lowest BCUT2D eigenvalue weighted by Gasteiger charge is -2.22. The van der Waals surface area contributed by atoms with E-state index in [-0.39, 0.29) is 18.5 Å². The lowest BCUT2D eigenvalue weighted by Crippen LogP contribution is -2.45. The molecule has 2 unspecified atom stereocenters. The van der Waals surface area contributed by atoms with E-state index in [2.05, 4.69) is 43.5 Å². The second kappa shape index (κ2) is 54.0. The molecule has 6 nitrogen and oxygen atoms in total. The molecule has 0 aliphatic heterocycles. The summed E-state index contributed by atoms with van der Waals surface area (Å²) in [5, 5.41) is 23.2. The van der Waals surface area contributed by atoms with E-state index in [0.29, 0.717) is 25.9 Å². The van der Waals surface area contributed by atoms with Crippen molar-refractivity contribution in [2.45, 2.75) is 321 Å². The molecule has 0 heterocycles. The smallest absolute Gasteiger partial charge is 0.305 e. The molecule has 6 heteroatoms. The van der Waals surface area contributed by atoms with Crippen LogP contribution in [0, 0.1) is 0 Å². The lowest BCUT2D eigenvalue weighted by molar-refractivity contribution is -0.143. The predicted molar refractivity (Wildman–Crippen MR) is 278 cm³/mol. The molecular weight excluding hydrogens is 791 g/mol. The van der Waals surface area contributed by atoms with Crippen LogP contribution in [0.3, 0.4) is 0 Å². The Labute approximate surface area is 399 Å². The van der Waals surface area contributed by atoms with Gasteiger partial charge in [-0.3, -0.25) is 9.59 Å². The van der Waals surface area contributed by atoms with Crippen molar-refractivity contribution in [1.29, 1.82) is 0 Å². The van der Waals surface area contributed by atoms with Gasteiger partial charge in [0.1, 0.15) is 0 Å². The van der Waals surface area contributed by atoms with Crippen LogP contribution in [0.5, 0.6) is 0 Å². The van der Waals surface area contributed by atoms with Gasteiger partial charge in [-0.15, -0.1) is 0 Å². The van der Waals surface area contributed by atoms with Crippen LogP contribution in [0.25, 0.3) is 0 Å². The average Bonchev–Trinajstić information content (AvgIpc) is 3.29. The van der Waals surface area contributed by atoms with E-state index in [1.54, 1.807) is 0 Å². The monoisotopic (exact) mass is 902 g/mol. The van der Waals surface area contributed by atoms with E-state index in [4.69, 9.17) is 4.74 Å². The summed E-state index contributed by atoms with van der Waals surface area (Å²) in [5.41, 5.74) is 0. The zero-order valence-electron chi connectivity index (χ0n) is 43.0. The highest BCUT2D eigenvalue weighted by molar-refractivity contribution is 5.76. The number of carbonyl (C=O) groups is 2. The van der Waals surface area contributed by atoms with Crippen LogP contribution in [0.15, 0.2) is 24.3 Å². The average molecular weight is 903 g/mol. The van der Waals surface area contributed by atoms with Crippen LogP contribution in [0.2, 0.25) is 0 Å². The Balaban J connectivity index is 3.41. The normalized spacial score (nSPS) is 12.8. The molecule has 378 valence electrons. The molecule has 0 aromatic carbocycles. The molecule has 64 heavy (non-hydrogen) atoms. The van der Waals surface area contributed by atoms with Crippen LogP contribution in [-0.2, 0) is 14.3 Å². The topological polar surface area (TPSA) is 95.9 Å². The summed E-state index contributed by atoms with van der Waals surface area (Å²) < 4.78 is 5.48. The molecular formula is C58H111NO5. The van der Waals surface area contributed by atoms with E-state index in [9.17, 15) is 19.8 Å². The minimum absolute atomic E-state index is 0.00431. The summed E-state index contributed by atoms with van der Waals surface area (Å²) in [6.07, 6.45) is 64.4. The fraction of sp³-hybridized carbons (Fsp3) is 0.897. The number of hydrogen-bond acceptors (Lipinski definition) is 5. The summed E-state index contributed by atoms with van der Waals surface area (Å²) in [6, 6.07) is -0.546. The van der Waals surface area contributed by atoms with Crippen molar-refractivity contribution in [2.75, 3.05) is 13.2 Å². The summed E-state index contributed by atoms with van der Waals surface area (Å²) >= 11 is 0. The minimum Gasteiger partial charge on any atom is -0.466 e. The zero-order valence-corrected chi connectivity index (χ0v) is 43.0. The van der Waals surface area contributed by atoms with Crippen molar-refractivity contribution in [2.24, 2.45) is 0 Å². The molecule has 0 bridgehead atoms. The SMILES string of the molecule is CCCCC/C=C\C/C=C\CCCCCCCCCC(=O)OCCCCCCCCCCCCCCCCCCC(=O)NC(CO)C(O)CCCCCCCCCCCCCCCC. The van der Waals surface area contributed by atoms with Gasteiger partial charge in [0.05, 0.1) is 25.4 Å². The fourth-order valence-electron chi connectivity index (χ4n) is 8.85. The number of nitrogens with one attached hydrogen (secondary N) is 1. The summed E-state index contributed by atoms with van der Waals surface area (Å²) in [5.74, 6) is -0.0454. The molecule has 0 spiro atoms. The van der Waals surface area contributed by atoms with Gasteiger partial charge in [0.2, 0.25) is 5.91 Å². The molecule has 2 atom stereocenters. The molecule has 0 aromatic heterocycles. The molecule has 0 saturated heterocycles. The Morgan fingerprint density at radius 1 is 0.438 bits per heavy atom. The minimum atomic E-state index is -0.668. The number of aliphatic hydroxyl groups is 2.